The van der Waals surface area contributed by atoms with Crippen LogP contribution in [0.25, 0.3) is 0 Å². The Hall–Kier alpha value is -2.09. The number of carbonyl (C=O) groups excluding carboxylic acids is 3. The van der Waals surface area contributed by atoms with Crippen LogP contribution in [-0.4, -0.2) is 39.4 Å². The molecule has 4 atom stereocenters. The molecule has 2 fully saturated rings. The fourth-order valence-electron chi connectivity index (χ4n) is 4.20. The van der Waals surface area contributed by atoms with Crippen molar-refractivity contribution in [3.63, 3.8) is 0 Å². The average Bonchev–Trinajstić information content (AvgIpc) is 3.33. The molecule has 0 unspecified atom stereocenters. The quantitative estimate of drug-likeness (QED) is 0.615. The Morgan fingerprint density at radius 3 is 2.56 bits per heavy atom. The van der Waals surface area contributed by atoms with Gasteiger partial charge in [0.05, 0.1) is 11.8 Å². The van der Waals surface area contributed by atoms with Crippen LogP contribution in [0, 0.1) is 23.7 Å². The number of aryl methyl sites for hydroxylation is 1. The van der Waals surface area contributed by atoms with E-state index in [4.69, 9.17) is 0 Å². The molecule has 2 heterocycles. The van der Waals surface area contributed by atoms with E-state index in [1.807, 2.05) is 0 Å². The summed E-state index contributed by atoms with van der Waals surface area (Å²) in [6.07, 6.45) is 6.94. The van der Waals surface area contributed by atoms with Gasteiger partial charge in [0.2, 0.25) is 22.9 Å². The van der Waals surface area contributed by atoms with Crippen LogP contribution in [0.4, 0.5) is 5.13 Å². The van der Waals surface area contributed by atoms with Crippen molar-refractivity contribution in [3.05, 3.63) is 17.2 Å². The molecule has 3 aliphatic rings. The predicted octanol–water partition coefficient (Wildman–Crippen LogP) is 1.63. The van der Waals surface area contributed by atoms with Crippen LogP contribution in [0.1, 0.15) is 31.2 Å². The van der Waals surface area contributed by atoms with Crippen molar-refractivity contribution in [3.8, 4) is 0 Å². The molecule has 1 N–H and O–H groups in total. The maximum Gasteiger partial charge on any atom is 0.233 e. The second kappa shape index (κ2) is 6.33. The van der Waals surface area contributed by atoms with E-state index in [0.717, 1.165) is 24.3 Å². The Bertz CT molecular complexity index is 729. The molecule has 1 aliphatic heterocycles. The summed E-state index contributed by atoms with van der Waals surface area (Å²) < 4.78 is 0. The van der Waals surface area contributed by atoms with Gasteiger partial charge in [0.15, 0.2) is 0 Å². The van der Waals surface area contributed by atoms with E-state index in [9.17, 15) is 14.4 Å². The molecular formula is C17H20N4O3S. The average molecular weight is 360 g/mol. The molecule has 1 saturated heterocycles. The Kier molecular flexibility index (Phi) is 4.15. The summed E-state index contributed by atoms with van der Waals surface area (Å²) in [6.45, 7) is 2.19. The number of imide groups is 1. The summed E-state index contributed by atoms with van der Waals surface area (Å²) in [7, 11) is 0. The number of likely N-dealkylation sites (tertiary alicyclic amines) is 1. The Morgan fingerprint density at radius 1 is 1.24 bits per heavy atom. The van der Waals surface area contributed by atoms with Crippen LogP contribution in [0.2, 0.25) is 0 Å². The summed E-state index contributed by atoms with van der Waals surface area (Å²) >= 11 is 1.36. The first kappa shape index (κ1) is 16.4. The third-order valence-corrected chi connectivity index (χ3v) is 6.20. The first-order valence-electron chi connectivity index (χ1n) is 8.74. The van der Waals surface area contributed by atoms with Gasteiger partial charge in [0.1, 0.15) is 5.01 Å². The normalized spacial score (nSPS) is 29.6. The minimum absolute atomic E-state index is 0.0857. The van der Waals surface area contributed by atoms with E-state index in [-0.39, 0.29) is 54.4 Å². The Labute approximate surface area is 149 Å². The van der Waals surface area contributed by atoms with Crippen molar-refractivity contribution in [1.29, 1.82) is 0 Å². The lowest BCUT2D eigenvalue weighted by Gasteiger charge is -2.16. The highest BCUT2D eigenvalue weighted by Crippen LogP contribution is 2.52. The van der Waals surface area contributed by atoms with Crippen molar-refractivity contribution in [2.45, 2.75) is 32.6 Å². The molecule has 0 spiro atoms. The summed E-state index contributed by atoms with van der Waals surface area (Å²) in [5.74, 6) is -0.484. The molecule has 1 aromatic heterocycles. The molecule has 3 amide bonds. The number of hydrogen-bond acceptors (Lipinski definition) is 6. The number of nitrogens with one attached hydrogen (secondary N) is 1. The van der Waals surface area contributed by atoms with Crippen LogP contribution in [0.3, 0.4) is 0 Å². The van der Waals surface area contributed by atoms with Gasteiger partial charge >= 0.3 is 0 Å². The third kappa shape index (κ3) is 2.78. The highest BCUT2D eigenvalue weighted by Gasteiger charge is 2.58. The zero-order chi connectivity index (χ0) is 17.6. The fraction of sp³-hybridized carbons (Fsp3) is 0.588. The lowest BCUT2D eigenvalue weighted by Crippen LogP contribution is -2.35. The lowest BCUT2D eigenvalue weighted by atomic mass is 9.85. The monoisotopic (exact) mass is 360 g/mol. The minimum atomic E-state index is -0.252. The molecule has 4 rings (SSSR count). The number of amides is 3. The van der Waals surface area contributed by atoms with Crippen molar-refractivity contribution < 1.29 is 14.4 Å². The Balaban J connectivity index is 1.33. The Morgan fingerprint density at radius 2 is 1.92 bits per heavy atom. The second-order valence-electron chi connectivity index (χ2n) is 6.88. The van der Waals surface area contributed by atoms with Gasteiger partial charge < -0.3 is 5.32 Å². The number of anilines is 1. The molecule has 1 saturated carbocycles. The fourth-order valence-corrected chi connectivity index (χ4v) is 5.06. The van der Waals surface area contributed by atoms with Crippen LogP contribution < -0.4 is 5.32 Å². The van der Waals surface area contributed by atoms with Crippen LogP contribution in [0.15, 0.2) is 12.2 Å². The molecule has 132 valence electrons. The molecule has 0 aromatic carbocycles. The van der Waals surface area contributed by atoms with Gasteiger partial charge in [-0.1, -0.05) is 30.4 Å². The number of allylic oxidation sites excluding steroid dienone is 2. The predicted molar refractivity (Wildman–Crippen MR) is 91.6 cm³/mol. The first-order valence-corrected chi connectivity index (χ1v) is 9.56. The van der Waals surface area contributed by atoms with Crippen LogP contribution >= 0.6 is 11.3 Å². The summed E-state index contributed by atoms with van der Waals surface area (Å²) in [6, 6.07) is 0. The SMILES string of the molecule is CCCc1nnc(NC(=O)CCN2C(=O)[C@@H]3[C@@H](C2=O)[C@H]2C=C[C@H]3C2)s1. The van der Waals surface area contributed by atoms with E-state index < -0.39 is 0 Å². The number of fused-ring (bicyclic) bond motifs is 5. The molecular weight excluding hydrogens is 340 g/mol. The van der Waals surface area contributed by atoms with Crippen LogP contribution in [0.5, 0.6) is 0 Å². The van der Waals surface area contributed by atoms with E-state index in [1.54, 1.807) is 0 Å². The standard InChI is InChI=1S/C17H20N4O3S/c1-2-3-12-19-20-17(25-12)18-11(22)6-7-21-15(23)13-9-4-5-10(8-9)14(13)16(21)24/h4-5,9-10,13-14H,2-3,6-8H2,1H3,(H,18,20,22)/t9-,10-,13-,14-/m0/s1. The number of aromatic nitrogens is 2. The topological polar surface area (TPSA) is 92.3 Å². The van der Waals surface area contributed by atoms with Crippen molar-refractivity contribution in [2.24, 2.45) is 23.7 Å². The van der Waals surface area contributed by atoms with Crippen molar-refractivity contribution in [1.82, 2.24) is 15.1 Å². The van der Waals surface area contributed by atoms with E-state index in [2.05, 4.69) is 34.6 Å². The van der Waals surface area contributed by atoms with Gasteiger partial charge in [-0.25, -0.2) is 0 Å². The zero-order valence-electron chi connectivity index (χ0n) is 14.0. The van der Waals surface area contributed by atoms with Gasteiger partial charge in [-0.2, -0.15) is 0 Å². The maximum atomic E-state index is 12.6. The second-order valence-corrected chi connectivity index (χ2v) is 7.94. The van der Waals surface area contributed by atoms with E-state index in [0.29, 0.717) is 5.13 Å². The van der Waals surface area contributed by atoms with E-state index >= 15 is 0 Å². The summed E-state index contributed by atoms with van der Waals surface area (Å²) in [4.78, 5) is 38.5. The van der Waals surface area contributed by atoms with Gasteiger partial charge in [-0.3, -0.25) is 19.3 Å². The molecule has 2 aliphatic carbocycles. The molecule has 8 heteroatoms. The summed E-state index contributed by atoms with van der Waals surface area (Å²) in [5, 5.41) is 12.0. The number of nitrogens with zero attached hydrogens (tertiary/aromatic N) is 3. The smallest absolute Gasteiger partial charge is 0.233 e. The third-order valence-electron chi connectivity index (χ3n) is 5.30. The highest BCUT2D eigenvalue weighted by molar-refractivity contribution is 7.15. The number of rotatable bonds is 6. The van der Waals surface area contributed by atoms with Gasteiger partial charge in [0, 0.05) is 19.4 Å². The van der Waals surface area contributed by atoms with Crippen molar-refractivity contribution in [2.75, 3.05) is 11.9 Å². The van der Waals surface area contributed by atoms with Gasteiger partial charge in [-0.05, 0) is 24.7 Å². The highest BCUT2D eigenvalue weighted by atomic mass is 32.1. The molecule has 1 aromatic rings. The molecule has 0 radical (unpaired) electrons. The summed E-state index contributed by atoms with van der Waals surface area (Å²) in [5.41, 5.74) is 0. The molecule has 25 heavy (non-hydrogen) atoms. The first-order chi connectivity index (χ1) is 12.1. The largest absolute Gasteiger partial charge is 0.300 e. The van der Waals surface area contributed by atoms with Gasteiger partial charge in [-0.15, -0.1) is 10.2 Å². The molecule has 2 bridgehead atoms. The minimum Gasteiger partial charge on any atom is -0.300 e. The molecule has 7 nitrogen and oxygen atoms in total. The van der Waals surface area contributed by atoms with Crippen LogP contribution in [-0.2, 0) is 20.8 Å². The number of carbonyl (C=O) groups is 3. The zero-order valence-corrected chi connectivity index (χ0v) is 14.8. The van der Waals surface area contributed by atoms with Gasteiger partial charge in [0.25, 0.3) is 0 Å². The van der Waals surface area contributed by atoms with Crippen molar-refractivity contribution >= 4 is 34.2 Å². The van der Waals surface area contributed by atoms with E-state index in [1.165, 1.54) is 16.2 Å². The maximum absolute atomic E-state index is 12.6. The lowest BCUT2D eigenvalue weighted by molar-refractivity contribution is -0.140. The number of hydrogen-bond donors (Lipinski definition) is 1.